The van der Waals surface area contributed by atoms with E-state index in [2.05, 4.69) is 4.74 Å². The highest BCUT2D eigenvalue weighted by molar-refractivity contribution is 5.64. The summed E-state index contributed by atoms with van der Waals surface area (Å²) in [4.78, 5) is 9.61. The molecule has 1 saturated heterocycles. The fraction of sp³-hybridized carbons (Fsp3) is 0.667. The van der Waals surface area contributed by atoms with Crippen LogP contribution in [0.5, 0.6) is 0 Å². The first kappa shape index (κ1) is 5.64. The van der Waals surface area contributed by atoms with Crippen molar-refractivity contribution < 1.29 is 24.9 Å². The molecule has 0 spiro atoms. The smallest absolute Gasteiger partial charge is 0.346 e. The van der Waals surface area contributed by atoms with Crippen molar-refractivity contribution in [2.45, 2.75) is 11.8 Å². The van der Waals surface area contributed by atoms with Gasteiger partial charge in [-0.3, -0.25) is 9.53 Å². The molecule has 1 aliphatic heterocycles. The molecule has 46 valence electrons. The average molecular weight is 120 g/mol. The van der Waals surface area contributed by atoms with E-state index >= 15 is 0 Å². The Balaban J connectivity index is 2.68. The Morgan fingerprint density at radius 1 is 1.38 bits per heavy atom. The first-order valence-corrected chi connectivity index (χ1v) is 1.85. The predicted octanol–water partition coefficient (Wildman–Crippen LogP) is -2.46. The van der Waals surface area contributed by atoms with E-state index in [0.717, 1.165) is 0 Å². The molecule has 1 aliphatic rings. The van der Waals surface area contributed by atoms with Crippen molar-refractivity contribution in [2.75, 3.05) is 0 Å². The molecule has 1 heterocycles. The molecule has 1 atom stereocenters. The van der Waals surface area contributed by atoms with Gasteiger partial charge in [0.25, 0.3) is 0 Å². The molecular formula is C3H4O5. The zero-order valence-corrected chi connectivity index (χ0v) is 3.74. The minimum Gasteiger partial charge on any atom is -0.353 e. The van der Waals surface area contributed by atoms with E-state index in [4.69, 9.17) is 15.3 Å². The number of carbonyl (C=O) groups is 1. The van der Waals surface area contributed by atoms with E-state index in [1.165, 1.54) is 0 Å². The number of rotatable bonds is 1. The van der Waals surface area contributed by atoms with Crippen LogP contribution in [0.2, 0.25) is 0 Å². The van der Waals surface area contributed by atoms with Crippen LogP contribution in [-0.4, -0.2) is 33.4 Å². The molecule has 0 radical (unpaired) electrons. The van der Waals surface area contributed by atoms with Gasteiger partial charge in [0.05, 0.1) is 0 Å². The van der Waals surface area contributed by atoms with Crippen LogP contribution in [0, 0.1) is 0 Å². The average Bonchev–Trinajstić information content (AvgIpc) is 2.10. The van der Waals surface area contributed by atoms with Gasteiger partial charge in [-0.25, -0.2) is 0 Å². The summed E-state index contributed by atoms with van der Waals surface area (Å²) in [6, 6.07) is 0. The number of epoxide rings is 1. The number of ether oxygens (including phenoxy) is 1. The molecule has 1 fully saturated rings. The number of hydrogen-bond acceptors (Lipinski definition) is 5. The van der Waals surface area contributed by atoms with Gasteiger partial charge in [0.2, 0.25) is 0 Å². The lowest BCUT2D eigenvalue weighted by molar-refractivity contribution is -0.161. The highest BCUT2D eigenvalue weighted by Crippen LogP contribution is 2.38. The van der Waals surface area contributed by atoms with Crippen LogP contribution in [0.1, 0.15) is 0 Å². The third-order valence-corrected chi connectivity index (χ3v) is 0.883. The molecule has 5 nitrogen and oxygen atoms in total. The highest BCUT2D eigenvalue weighted by atomic mass is 16.9. The van der Waals surface area contributed by atoms with Crippen LogP contribution in [-0.2, 0) is 9.53 Å². The van der Waals surface area contributed by atoms with Gasteiger partial charge in [0.1, 0.15) is 0 Å². The molecular weight excluding hydrogens is 116 g/mol. The van der Waals surface area contributed by atoms with Crippen LogP contribution < -0.4 is 0 Å². The monoisotopic (exact) mass is 120 g/mol. The van der Waals surface area contributed by atoms with Crippen LogP contribution in [0.4, 0.5) is 0 Å². The summed E-state index contributed by atoms with van der Waals surface area (Å²) in [6.07, 6.45) is -0.0903. The molecule has 0 aliphatic carbocycles. The van der Waals surface area contributed by atoms with Crippen molar-refractivity contribution in [1.29, 1.82) is 0 Å². The van der Waals surface area contributed by atoms with E-state index in [9.17, 15) is 4.79 Å². The quantitative estimate of drug-likeness (QED) is 0.203. The van der Waals surface area contributed by atoms with Crippen LogP contribution >= 0.6 is 0 Å². The van der Waals surface area contributed by atoms with Gasteiger partial charge < -0.3 is 15.3 Å². The lowest BCUT2D eigenvalue weighted by atomic mass is 10.4. The maximum Gasteiger partial charge on any atom is 0.346 e. The Morgan fingerprint density at radius 3 is 1.75 bits per heavy atom. The normalized spacial score (nSPS) is 41.4. The molecule has 1 rings (SSSR count). The summed E-state index contributed by atoms with van der Waals surface area (Å²) in [6.45, 7) is 0. The number of aliphatic hydroxyl groups is 3. The molecule has 8 heavy (non-hydrogen) atoms. The summed E-state index contributed by atoms with van der Waals surface area (Å²) in [7, 11) is 0. The minimum absolute atomic E-state index is 0.0903. The van der Waals surface area contributed by atoms with Crippen molar-refractivity contribution in [2.24, 2.45) is 0 Å². The van der Waals surface area contributed by atoms with Gasteiger partial charge in [0, 0.05) is 0 Å². The third-order valence-electron chi connectivity index (χ3n) is 0.883. The second kappa shape index (κ2) is 1.08. The zero-order valence-electron chi connectivity index (χ0n) is 3.74. The summed E-state index contributed by atoms with van der Waals surface area (Å²) in [5.74, 6) is -5.04. The fourth-order valence-electron chi connectivity index (χ4n) is 0.292. The van der Waals surface area contributed by atoms with Crippen LogP contribution in [0.15, 0.2) is 0 Å². The summed E-state index contributed by atoms with van der Waals surface area (Å²) in [5, 5.41) is 24.8. The van der Waals surface area contributed by atoms with E-state index in [0.29, 0.717) is 0 Å². The van der Waals surface area contributed by atoms with Gasteiger partial charge in [0.15, 0.2) is 6.29 Å². The number of aldehydes is 1. The molecule has 1 unspecified atom stereocenters. The molecule has 3 N–H and O–H groups in total. The highest BCUT2D eigenvalue weighted by Gasteiger charge is 2.71. The van der Waals surface area contributed by atoms with Gasteiger partial charge >= 0.3 is 11.8 Å². The third kappa shape index (κ3) is 0.466. The van der Waals surface area contributed by atoms with E-state index in [1.807, 2.05) is 0 Å². The van der Waals surface area contributed by atoms with Crippen molar-refractivity contribution in [3.8, 4) is 0 Å². The largest absolute Gasteiger partial charge is 0.353 e. The molecule has 0 aromatic heterocycles. The summed E-state index contributed by atoms with van der Waals surface area (Å²) >= 11 is 0. The molecule has 0 aromatic rings. The first-order valence-electron chi connectivity index (χ1n) is 1.85. The Hall–Kier alpha value is -0.490. The second-order valence-electron chi connectivity index (χ2n) is 1.52. The van der Waals surface area contributed by atoms with Crippen molar-refractivity contribution in [1.82, 2.24) is 0 Å². The van der Waals surface area contributed by atoms with Crippen molar-refractivity contribution in [3.63, 3.8) is 0 Å². The van der Waals surface area contributed by atoms with E-state index < -0.39 is 11.8 Å². The van der Waals surface area contributed by atoms with Gasteiger partial charge in [-0.2, -0.15) is 0 Å². The Kier molecular flexibility index (Phi) is 0.764. The standard InChI is InChI=1S/C3H4O5/c4-1-2(5)3(6,7)8-2/h1,5-7H. The molecule has 0 aromatic carbocycles. The minimum atomic E-state index is -2.66. The van der Waals surface area contributed by atoms with Gasteiger partial charge in [-0.05, 0) is 0 Å². The molecule has 0 amide bonds. The maximum absolute atomic E-state index is 9.61. The zero-order chi connectivity index (χ0) is 6.41. The van der Waals surface area contributed by atoms with E-state index in [-0.39, 0.29) is 6.29 Å². The molecule has 5 heteroatoms. The van der Waals surface area contributed by atoms with Crippen molar-refractivity contribution in [3.05, 3.63) is 0 Å². The lowest BCUT2D eigenvalue weighted by Crippen LogP contribution is -2.26. The Labute approximate surface area is 44.1 Å². The summed E-state index contributed by atoms with van der Waals surface area (Å²) in [5.41, 5.74) is 0. The Morgan fingerprint density at radius 2 is 1.75 bits per heavy atom. The molecule has 0 bridgehead atoms. The lowest BCUT2D eigenvalue weighted by Gasteiger charge is -1.91. The topological polar surface area (TPSA) is 90.3 Å². The summed E-state index contributed by atoms with van der Waals surface area (Å²) < 4.78 is 3.74. The van der Waals surface area contributed by atoms with Crippen molar-refractivity contribution >= 4 is 6.29 Å². The fourth-order valence-corrected chi connectivity index (χ4v) is 0.292. The van der Waals surface area contributed by atoms with Gasteiger partial charge in [-0.1, -0.05) is 0 Å². The molecule has 0 saturated carbocycles. The number of carbonyl (C=O) groups excluding carboxylic acids is 1. The maximum atomic E-state index is 9.61. The second-order valence-corrected chi connectivity index (χ2v) is 1.52. The van der Waals surface area contributed by atoms with Gasteiger partial charge in [-0.15, -0.1) is 0 Å². The first-order chi connectivity index (χ1) is 3.52. The van der Waals surface area contributed by atoms with Crippen LogP contribution in [0.25, 0.3) is 0 Å². The van der Waals surface area contributed by atoms with Crippen LogP contribution in [0.3, 0.4) is 0 Å². The number of hydrogen-bond donors (Lipinski definition) is 3. The van der Waals surface area contributed by atoms with E-state index in [1.54, 1.807) is 0 Å². The Bertz CT molecular complexity index is 130. The predicted molar refractivity (Wildman–Crippen MR) is 19.3 cm³/mol. The SMILES string of the molecule is O=CC1(O)OC1(O)O.